The fourth-order valence-electron chi connectivity index (χ4n) is 2.32. The summed E-state index contributed by atoms with van der Waals surface area (Å²) in [6.45, 7) is 5.48. The quantitative estimate of drug-likeness (QED) is 0.698. The molecule has 0 fully saturated rings. The van der Waals surface area contributed by atoms with Crippen LogP contribution in [-0.2, 0) is 19.7 Å². The van der Waals surface area contributed by atoms with Crippen molar-refractivity contribution in [2.24, 2.45) is 0 Å². The van der Waals surface area contributed by atoms with Gasteiger partial charge in [-0.05, 0) is 47.4 Å². The van der Waals surface area contributed by atoms with E-state index in [9.17, 15) is 9.59 Å². The lowest BCUT2D eigenvalue weighted by molar-refractivity contribution is -0.149. The van der Waals surface area contributed by atoms with E-state index in [1.54, 1.807) is 30.3 Å². The van der Waals surface area contributed by atoms with Crippen molar-refractivity contribution in [3.8, 4) is 11.5 Å². The van der Waals surface area contributed by atoms with Crippen molar-refractivity contribution in [1.82, 2.24) is 0 Å². The molecule has 0 aromatic heterocycles. The standard InChI is InChI=1S/C21H24ClNO5/c1-21(2,3)14-5-10-18(26-4)17(11-14)23-19(24)12-28-20(25)13-27-16-8-6-15(22)7-9-16/h5-11H,12-13H2,1-4H3,(H,23,24). The van der Waals surface area contributed by atoms with Gasteiger partial charge in [0.2, 0.25) is 0 Å². The van der Waals surface area contributed by atoms with Gasteiger partial charge in [0.25, 0.3) is 5.91 Å². The summed E-state index contributed by atoms with van der Waals surface area (Å²) in [4.78, 5) is 23.9. The van der Waals surface area contributed by atoms with Gasteiger partial charge in [-0.15, -0.1) is 0 Å². The van der Waals surface area contributed by atoms with Crippen LogP contribution in [0.4, 0.5) is 5.69 Å². The van der Waals surface area contributed by atoms with Crippen LogP contribution in [0.2, 0.25) is 5.02 Å². The molecule has 0 heterocycles. The van der Waals surface area contributed by atoms with Crippen molar-refractivity contribution in [2.45, 2.75) is 26.2 Å². The molecule has 0 saturated carbocycles. The smallest absolute Gasteiger partial charge is 0.344 e. The van der Waals surface area contributed by atoms with Crippen LogP contribution in [0.1, 0.15) is 26.3 Å². The third-order valence-electron chi connectivity index (χ3n) is 3.87. The molecular weight excluding hydrogens is 382 g/mol. The van der Waals surface area contributed by atoms with Gasteiger partial charge in [0, 0.05) is 5.02 Å². The number of amides is 1. The highest BCUT2D eigenvalue weighted by molar-refractivity contribution is 6.30. The number of carbonyl (C=O) groups excluding carboxylic acids is 2. The number of anilines is 1. The lowest BCUT2D eigenvalue weighted by Gasteiger charge is -2.21. The minimum atomic E-state index is -0.652. The maximum absolute atomic E-state index is 12.2. The van der Waals surface area contributed by atoms with Gasteiger partial charge in [0.15, 0.2) is 13.2 Å². The van der Waals surface area contributed by atoms with E-state index in [0.29, 0.717) is 22.2 Å². The molecule has 0 saturated heterocycles. The summed E-state index contributed by atoms with van der Waals surface area (Å²) in [5, 5.41) is 3.28. The molecular formula is C21H24ClNO5. The molecule has 1 N–H and O–H groups in total. The number of rotatable bonds is 7. The summed E-state index contributed by atoms with van der Waals surface area (Å²) in [7, 11) is 1.52. The predicted octanol–water partition coefficient (Wildman–Crippen LogP) is 4.21. The maximum Gasteiger partial charge on any atom is 0.344 e. The van der Waals surface area contributed by atoms with Gasteiger partial charge >= 0.3 is 5.97 Å². The molecule has 28 heavy (non-hydrogen) atoms. The van der Waals surface area contributed by atoms with Crippen molar-refractivity contribution in [3.05, 3.63) is 53.1 Å². The molecule has 0 atom stereocenters. The molecule has 150 valence electrons. The number of esters is 1. The number of methoxy groups -OCH3 is 1. The van der Waals surface area contributed by atoms with E-state index in [1.165, 1.54) is 7.11 Å². The number of ether oxygens (including phenoxy) is 3. The van der Waals surface area contributed by atoms with Crippen LogP contribution < -0.4 is 14.8 Å². The topological polar surface area (TPSA) is 73.9 Å². The van der Waals surface area contributed by atoms with Crippen LogP contribution in [-0.4, -0.2) is 32.2 Å². The van der Waals surface area contributed by atoms with Gasteiger partial charge in [-0.1, -0.05) is 38.4 Å². The average molecular weight is 406 g/mol. The van der Waals surface area contributed by atoms with Crippen molar-refractivity contribution in [1.29, 1.82) is 0 Å². The summed E-state index contributed by atoms with van der Waals surface area (Å²) >= 11 is 5.78. The maximum atomic E-state index is 12.2. The summed E-state index contributed by atoms with van der Waals surface area (Å²) < 4.78 is 15.5. The lowest BCUT2D eigenvalue weighted by atomic mass is 9.87. The Balaban J connectivity index is 1.87. The normalized spacial score (nSPS) is 10.9. The SMILES string of the molecule is COc1ccc(C(C)(C)C)cc1NC(=O)COC(=O)COc1ccc(Cl)cc1. The second-order valence-electron chi connectivity index (χ2n) is 7.12. The second-order valence-corrected chi connectivity index (χ2v) is 7.55. The Kier molecular flexibility index (Phi) is 7.29. The molecule has 0 aliphatic rings. The number of benzene rings is 2. The van der Waals surface area contributed by atoms with Crippen LogP contribution in [0, 0.1) is 0 Å². The average Bonchev–Trinajstić information content (AvgIpc) is 2.65. The van der Waals surface area contributed by atoms with Gasteiger partial charge in [-0.3, -0.25) is 4.79 Å². The molecule has 0 aliphatic heterocycles. The Bertz CT molecular complexity index is 828. The molecule has 0 bridgehead atoms. The number of halogens is 1. The van der Waals surface area contributed by atoms with E-state index in [1.807, 2.05) is 12.1 Å². The first-order valence-corrected chi connectivity index (χ1v) is 9.09. The van der Waals surface area contributed by atoms with Crippen molar-refractivity contribution >= 4 is 29.2 Å². The number of hydrogen-bond donors (Lipinski definition) is 1. The molecule has 7 heteroatoms. The minimum Gasteiger partial charge on any atom is -0.495 e. The van der Waals surface area contributed by atoms with Gasteiger partial charge < -0.3 is 19.5 Å². The van der Waals surface area contributed by atoms with Gasteiger partial charge in [-0.25, -0.2) is 4.79 Å². The first-order chi connectivity index (χ1) is 13.2. The van der Waals surface area contributed by atoms with Crippen LogP contribution in [0.5, 0.6) is 11.5 Å². The van der Waals surface area contributed by atoms with Crippen molar-refractivity contribution < 1.29 is 23.8 Å². The van der Waals surface area contributed by atoms with Gasteiger partial charge in [-0.2, -0.15) is 0 Å². The molecule has 2 rings (SSSR count). The molecule has 2 aromatic rings. The predicted molar refractivity (Wildman–Crippen MR) is 108 cm³/mol. The highest BCUT2D eigenvalue weighted by atomic mass is 35.5. The summed E-state index contributed by atoms with van der Waals surface area (Å²) in [6, 6.07) is 12.2. The first-order valence-electron chi connectivity index (χ1n) is 8.71. The summed E-state index contributed by atoms with van der Waals surface area (Å²) in [5.74, 6) is -0.113. The van der Waals surface area contributed by atoms with Gasteiger partial charge in [0.05, 0.1) is 12.8 Å². The molecule has 2 aromatic carbocycles. The fraction of sp³-hybridized carbons (Fsp3) is 0.333. The van der Waals surface area contributed by atoms with Gasteiger partial charge in [0.1, 0.15) is 11.5 Å². The third kappa shape index (κ3) is 6.46. The van der Waals surface area contributed by atoms with E-state index in [2.05, 4.69) is 26.1 Å². The van der Waals surface area contributed by atoms with Crippen LogP contribution in [0.3, 0.4) is 0 Å². The Morgan fingerprint density at radius 2 is 1.71 bits per heavy atom. The first kappa shape index (κ1) is 21.6. The second kappa shape index (κ2) is 9.46. The Labute approximate surface area is 169 Å². The largest absolute Gasteiger partial charge is 0.495 e. The number of nitrogens with one attached hydrogen (secondary N) is 1. The molecule has 1 amide bonds. The molecule has 0 spiro atoms. The number of carbonyl (C=O) groups is 2. The van der Waals surface area contributed by atoms with Crippen LogP contribution in [0.15, 0.2) is 42.5 Å². The van der Waals surface area contributed by atoms with Crippen LogP contribution >= 0.6 is 11.6 Å². The van der Waals surface area contributed by atoms with Crippen molar-refractivity contribution in [2.75, 3.05) is 25.6 Å². The van der Waals surface area contributed by atoms with Crippen molar-refractivity contribution in [3.63, 3.8) is 0 Å². The van der Waals surface area contributed by atoms with E-state index in [-0.39, 0.29) is 12.0 Å². The van der Waals surface area contributed by atoms with E-state index < -0.39 is 18.5 Å². The Morgan fingerprint density at radius 3 is 2.32 bits per heavy atom. The summed E-state index contributed by atoms with van der Waals surface area (Å²) in [6.07, 6.45) is 0. The highest BCUT2D eigenvalue weighted by Crippen LogP contribution is 2.31. The highest BCUT2D eigenvalue weighted by Gasteiger charge is 2.17. The van der Waals surface area contributed by atoms with E-state index in [4.69, 9.17) is 25.8 Å². The van der Waals surface area contributed by atoms with E-state index >= 15 is 0 Å². The minimum absolute atomic E-state index is 0.0861. The monoisotopic (exact) mass is 405 g/mol. The van der Waals surface area contributed by atoms with Crippen LogP contribution in [0.25, 0.3) is 0 Å². The number of hydrogen-bond acceptors (Lipinski definition) is 5. The van der Waals surface area contributed by atoms with E-state index in [0.717, 1.165) is 5.56 Å². The Hall–Kier alpha value is -2.73. The Morgan fingerprint density at radius 1 is 1.04 bits per heavy atom. The fourth-order valence-corrected chi connectivity index (χ4v) is 2.45. The zero-order chi connectivity index (χ0) is 20.7. The zero-order valence-corrected chi connectivity index (χ0v) is 17.1. The lowest BCUT2D eigenvalue weighted by Crippen LogP contribution is -2.24. The molecule has 6 nitrogen and oxygen atoms in total. The summed E-state index contributed by atoms with van der Waals surface area (Å²) in [5.41, 5.74) is 1.47. The zero-order valence-electron chi connectivity index (χ0n) is 16.4. The molecule has 0 unspecified atom stereocenters. The molecule has 0 radical (unpaired) electrons. The molecule has 0 aliphatic carbocycles. The third-order valence-corrected chi connectivity index (χ3v) is 4.13.